The molecule has 1 heterocycles. The van der Waals surface area contributed by atoms with Gasteiger partial charge in [0.1, 0.15) is 5.82 Å². The normalized spacial score (nSPS) is 16.0. The van der Waals surface area contributed by atoms with E-state index in [0.29, 0.717) is 0 Å². The molecule has 0 saturated heterocycles. The van der Waals surface area contributed by atoms with Crippen LogP contribution < -0.4 is 5.32 Å². The van der Waals surface area contributed by atoms with Crippen LogP contribution in [0.1, 0.15) is 5.69 Å². The maximum absolute atomic E-state index is 13.9. The highest BCUT2D eigenvalue weighted by Gasteiger charge is 2.79. The second-order valence-corrected chi connectivity index (χ2v) is 4.90. The Kier molecular flexibility index (Phi) is 5.72. The molecule has 1 atom stereocenters. The maximum Gasteiger partial charge on any atom is 0.462 e. The second-order valence-electron chi connectivity index (χ2n) is 4.90. The van der Waals surface area contributed by atoms with Crippen molar-refractivity contribution in [1.29, 1.82) is 0 Å². The molecule has 0 fully saturated rings. The first kappa shape index (κ1) is 22.9. The van der Waals surface area contributed by atoms with Gasteiger partial charge in [0.15, 0.2) is 0 Å². The van der Waals surface area contributed by atoms with Crippen LogP contribution >= 0.6 is 0 Å². The Morgan fingerprint density at radius 2 is 1.44 bits per heavy atom. The topological polar surface area (TPSA) is 51.2 Å². The van der Waals surface area contributed by atoms with Crippen molar-refractivity contribution in [2.75, 3.05) is 5.32 Å². The molecule has 1 aromatic rings. The Bertz CT molecular complexity index is 701. The molecule has 4 nitrogen and oxygen atoms in total. The number of amides is 1. The number of ether oxygens (including phenoxy) is 1. The zero-order chi connectivity index (χ0) is 21.5. The number of aryl methyl sites for hydroxylation is 1. The van der Waals surface area contributed by atoms with E-state index in [1.807, 2.05) is 0 Å². The number of rotatable bonds is 5. The number of carbonyl (C=O) groups is 1. The second kappa shape index (κ2) is 6.76. The molecule has 1 aromatic heterocycles. The Balaban J connectivity index is 3.30. The van der Waals surface area contributed by atoms with Gasteiger partial charge in [-0.1, -0.05) is 6.07 Å². The molecule has 27 heavy (non-hydrogen) atoms. The number of nitrogens with zero attached hydrogens (tertiary/aromatic N) is 1. The molecule has 0 saturated carbocycles. The lowest BCUT2D eigenvalue weighted by molar-refractivity contribution is -0.472. The van der Waals surface area contributed by atoms with Crippen LogP contribution in [0.25, 0.3) is 0 Å². The average molecular weight is 420 g/mol. The maximum atomic E-state index is 13.9. The van der Waals surface area contributed by atoms with Gasteiger partial charge in [-0.3, -0.25) is 9.53 Å². The van der Waals surface area contributed by atoms with Crippen LogP contribution in [-0.4, -0.2) is 41.1 Å². The molecule has 0 radical (unpaired) electrons. The lowest BCUT2D eigenvalue weighted by Crippen LogP contribution is -2.62. The molecule has 15 heteroatoms. The van der Waals surface area contributed by atoms with Gasteiger partial charge in [-0.2, -0.15) is 48.3 Å². The minimum atomic E-state index is -7.25. The predicted octanol–water partition coefficient (Wildman–Crippen LogP) is 4.36. The molecule has 0 bridgehead atoms. The molecule has 0 unspecified atom stereocenters. The molecular formula is C12H7F11N2O2. The summed E-state index contributed by atoms with van der Waals surface area (Å²) in [5.41, 5.74) is 0.0409. The number of hydrogen-bond acceptors (Lipinski definition) is 3. The highest BCUT2D eigenvalue weighted by Crippen LogP contribution is 2.51. The van der Waals surface area contributed by atoms with Gasteiger partial charge in [0, 0.05) is 5.69 Å². The van der Waals surface area contributed by atoms with Crippen LogP contribution in [0.2, 0.25) is 0 Å². The van der Waals surface area contributed by atoms with E-state index in [1.165, 1.54) is 13.0 Å². The monoisotopic (exact) mass is 420 g/mol. The Labute approximate surface area is 142 Å². The number of halogens is 11. The van der Waals surface area contributed by atoms with E-state index < -0.39 is 42.0 Å². The largest absolute Gasteiger partial charge is 0.462 e. The zero-order valence-corrected chi connectivity index (χ0v) is 12.7. The standard InChI is InChI=1S/C12H7F11N2O2/c1-5-3-2-4-6(24-5)25-7(26)8(13,10(16,17)18)27-12(22,23)9(14,15)11(19,20)21/h2-4H,1H3,(H,24,25,26)/t8-/m0/s1. The quantitative estimate of drug-likeness (QED) is 0.721. The number of nitrogens with one attached hydrogen (secondary N) is 1. The number of alkyl halides is 11. The van der Waals surface area contributed by atoms with Crippen molar-refractivity contribution in [1.82, 2.24) is 4.98 Å². The minimum Gasteiger partial charge on any atom is -0.305 e. The fourth-order valence-corrected chi connectivity index (χ4v) is 1.45. The molecule has 1 N–H and O–H groups in total. The van der Waals surface area contributed by atoms with Crippen molar-refractivity contribution in [2.45, 2.75) is 37.2 Å². The smallest absolute Gasteiger partial charge is 0.305 e. The van der Waals surface area contributed by atoms with Gasteiger partial charge in [0.05, 0.1) is 0 Å². The Morgan fingerprint density at radius 1 is 0.926 bits per heavy atom. The molecule has 0 aliphatic rings. The van der Waals surface area contributed by atoms with Gasteiger partial charge in [-0.05, 0) is 19.1 Å². The van der Waals surface area contributed by atoms with Gasteiger partial charge in [0.25, 0.3) is 0 Å². The molecule has 0 spiro atoms. The lowest BCUT2D eigenvalue weighted by atomic mass is 10.2. The van der Waals surface area contributed by atoms with Gasteiger partial charge >= 0.3 is 36.1 Å². The minimum absolute atomic E-state index is 0.0409. The summed E-state index contributed by atoms with van der Waals surface area (Å²) >= 11 is 0. The Morgan fingerprint density at radius 3 is 1.85 bits per heavy atom. The summed E-state index contributed by atoms with van der Waals surface area (Å²) in [5, 5.41) is 1.01. The molecule has 154 valence electrons. The van der Waals surface area contributed by atoms with Crippen LogP contribution in [0.3, 0.4) is 0 Å². The first-order chi connectivity index (χ1) is 11.8. The van der Waals surface area contributed by atoms with Crippen LogP contribution in [-0.2, 0) is 9.53 Å². The van der Waals surface area contributed by atoms with E-state index in [2.05, 4.69) is 9.72 Å². The molecule has 1 amide bonds. The lowest BCUT2D eigenvalue weighted by Gasteiger charge is -2.34. The summed E-state index contributed by atoms with van der Waals surface area (Å²) in [6.07, 6.45) is -21.0. The summed E-state index contributed by atoms with van der Waals surface area (Å²) in [6, 6.07) is 3.07. The van der Waals surface area contributed by atoms with Crippen molar-refractivity contribution < 1.29 is 57.8 Å². The SMILES string of the molecule is Cc1cccc(NC(=O)[C@](F)(OC(F)(F)C(F)(F)C(F)(F)F)C(F)(F)F)n1. The summed E-state index contributed by atoms with van der Waals surface area (Å²) in [4.78, 5) is 14.8. The fraction of sp³-hybridized carbons (Fsp3) is 0.500. The first-order valence-corrected chi connectivity index (χ1v) is 6.38. The molecule has 0 aromatic carbocycles. The van der Waals surface area contributed by atoms with E-state index in [4.69, 9.17) is 0 Å². The third-order valence-corrected chi connectivity index (χ3v) is 2.78. The summed E-state index contributed by atoms with van der Waals surface area (Å²) in [6.45, 7) is 1.25. The Hall–Kier alpha value is -2.19. The zero-order valence-electron chi connectivity index (χ0n) is 12.7. The first-order valence-electron chi connectivity index (χ1n) is 6.38. The van der Waals surface area contributed by atoms with Crippen molar-refractivity contribution in [3.05, 3.63) is 23.9 Å². The summed E-state index contributed by atoms with van der Waals surface area (Å²) < 4.78 is 142. The number of aromatic nitrogens is 1. The van der Waals surface area contributed by atoms with Crippen molar-refractivity contribution in [3.63, 3.8) is 0 Å². The average Bonchev–Trinajstić information content (AvgIpc) is 2.44. The van der Waals surface area contributed by atoms with E-state index >= 15 is 0 Å². The van der Waals surface area contributed by atoms with Crippen LogP contribution in [0.15, 0.2) is 18.2 Å². The van der Waals surface area contributed by atoms with Gasteiger partial charge in [0.2, 0.25) is 0 Å². The number of hydrogen-bond donors (Lipinski definition) is 1. The summed E-state index contributed by atoms with van der Waals surface area (Å²) in [5.74, 6) is -17.5. The highest BCUT2D eigenvalue weighted by molar-refractivity contribution is 5.96. The van der Waals surface area contributed by atoms with E-state index in [-0.39, 0.29) is 5.69 Å². The van der Waals surface area contributed by atoms with Gasteiger partial charge in [-0.25, -0.2) is 4.98 Å². The van der Waals surface area contributed by atoms with Gasteiger partial charge in [-0.15, -0.1) is 0 Å². The number of anilines is 1. The third-order valence-electron chi connectivity index (χ3n) is 2.78. The van der Waals surface area contributed by atoms with Crippen molar-refractivity contribution in [3.8, 4) is 0 Å². The van der Waals surface area contributed by atoms with E-state index in [9.17, 15) is 53.1 Å². The molecule has 1 rings (SSSR count). The van der Waals surface area contributed by atoms with Crippen molar-refractivity contribution >= 4 is 11.7 Å². The summed E-state index contributed by atoms with van der Waals surface area (Å²) in [7, 11) is 0. The number of pyridine rings is 1. The van der Waals surface area contributed by atoms with Crippen LogP contribution in [0.4, 0.5) is 54.1 Å². The molecule has 0 aliphatic heterocycles. The van der Waals surface area contributed by atoms with Crippen LogP contribution in [0.5, 0.6) is 0 Å². The van der Waals surface area contributed by atoms with E-state index in [0.717, 1.165) is 17.4 Å². The van der Waals surface area contributed by atoms with Crippen LogP contribution in [0, 0.1) is 6.92 Å². The predicted molar refractivity (Wildman–Crippen MR) is 64.5 cm³/mol. The third kappa shape index (κ3) is 4.39. The van der Waals surface area contributed by atoms with Crippen molar-refractivity contribution in [2.24, 2.45) is 0 Å². The van der Waals surface area contributed by atoms with Gasteiger partial charge < -0.3 is 5.32 Å². The highest BCUT2D eigenvalue weighted by atomic mass is 19.4. The fourth-order valence-electron chi connectivity index (χ4n) is 1.45. The van der Waals surface area contributed by atoms with E-state index in [1.54, 1.807) is 0 Å². The molecular weight excluding hydrogens is 413 g/mol. The molecule has 0 aliphatic carbocycles. The number of carbonyl (C=O) groups excluding carboxylic acids is 1.